The van der Waals surface area contributed by atoms with Gasteiger partial charge in [0.15, 0.2) is 0 Å². The highest BCUT2D eigenvalue weighted by atomic mass is 32.2. The lowest BCUT2D eigenvalue weighted by atomic mass is 10.2. The molecule has 0 N–H and O–H groups in total. The Morgan fingerprint density at radius 2 is 2.22 bits per heavy atom. The predicted molar refractivity (Wildman–Crippen MR) is 89.6 cm³/mol. The van der Waals surface area contributed by atoms with Gasteiger partial charge in [-0.05, 0) is 18.6 Å². The van der Waals surface area contributed by atoms with Crippen LogP contribution in [-0.2, 0) is 14.3 Å². The first-order chi connectivity index (χ1) is 10.8. The molecule has 2 rings (SSSR count). The summed E-state index contributed by atoms with van der Waals surface area (Å²) in [6.45, 7) is 1.52. The molecule has 1 aliphatic rings. The van der Waals surface area contributed by atoms with Crippen molar-refractivity contribution in [1.29, 1.82) is 0 Å². The molecule has 9 heteroatoms. The summed E-state index contributed by atoms with van der Waals surface area (Å²) in [6.07, 6.45) is 1.51. The third-order valence-electron chi connectivity index (χ3n) is 3.13. The van der Waals surface area contributed by atoms with Crippen molar-refractivity contribution in [2.24, 2.45) is 0 Å². The highest BCUT2D eigenvalue weighted by Gasteiger charge is 2.38. The molecule has 0 aliphatic carbocycles. The van der Waals surface area contributed by atoms with E-state index in [0.29, 0.717) is 10.5 Å². The van der Waals surface area contributed by atoms with Crippen LogP contribution < -0.4 is 0 Å². The number of benzene rings is 1. The Labute approximate surface area is 141 Å². The second-order valence-corrected chi connectivity index (χ2v) is 6.28. The average Bonchev–Trinajstić information content (AvgIpc) is 2.80. The standard InChI is InChI=1S/C14H12N2O5S2/c1-8(13(18)21-2)15-12(17)11(23-14(15)22)7-9-4-3-5-10(6-9)16(19)20/h3-8H,1-2H3/b11-7-/t8-/m1/s1. The summed E-state index contributed by atoms with van der Waals surface area (Å²) < 4.78 is 4.86. The molecule has 1 aromatic rings. The van der Waals surface area contributed by atoms with E-state index in [1.807, 2.05) is 0 Å². The lowest BCUT2D eigenvalue weighted by molar-refractivity contribution is -0.384. The summed E-state index contributed by atoms with van der Waals surface area (Å²) in [5.74, 6) is -0.998. The van der Waals surface area contributed by atoms with E-state index in [2.05, 4.69) is 4.74 Å². The summed E-state index contributed by atoms with van der Waals surface area (Å²) in [4.78, 5) is 35.8. The molecule has 1 saturated heterocycles. The first kappa shape index (κ1) is 17.1. The lowest BCUT2D eigenvalue weighted by Gasteiger charge is -2.20. The quantitative estimate of drug-likeness (QED) is 0.270. The number of ether oxygens (including phenoxy) is 1. The summed E-state index contributed by atoms with van der Waals surface area (Å²) in [7, 11) is 1.23. The fourth-order valence-electron chi connectivity index (χ4n) is 1.97. The van der Waals surface area contributed by atoms with Crippen molar-refractivity contribution in [2.45, 2.75) is 13.0 Å². The molecular weight excluding hydrogens is 340 g/mol. The van der Waals surface area contributed by atoms with Crippen molar-refractivity contribution in [1.82, 2.24) is 4.90 Å². The molecule has 7 nitrogen and oxygen atoms in total. The van der Waals surface area contributed by atoms with Crippen LogP contribution in [-0.4, -0.2) is 39.2 Å². The number of nitro groups is 1. The monoisotopic (exact) mass is 352 g/mol. The molecule has 23 heavy (non-hydrogen) atoms. The van der Waals surface area contributed by atoms with Gasteiger partial charge in [-0.2, -0.15) is 0 Å². The van der Waals surface area contributed by atoms with Gasteiger partial charge in [0.2, 0.25) is 0 Å². The summed E-state index contributed by atoms with van der Waals surface area (Å²) in [5.41, 5.74) is 0.433. The van der Waals surface area contributed by atoms with Gasteiger partial charge in [-0.1, -0.05) is 36.1 Å². The van der Waals surface area contributed by atoms with E-state index in [4.69, 9.17) is 12.2 Å². The average molecular weight is 352 g/mol. The van der Waals surface area contributed by atoms with Gasteiger partial charge in [0, 0.05) is 12.1 Å². The number of thiocarbonyl (C=S) groups is 1. The van der Waals surface area contributed by atoms with Crippen molar-refractivity contribution in [3.05, 3.63) is 44.8 Å². The van der Waals surface area contributed by atoms with Crippen molar-refractivity contribution in [3.63, 3.8) is 0 Å². The minimum absolute atomic E-state index is 0.0721. The maximum atomic E-state index is 12.4. The minimum atomic E-state index is -0.830. The van der Waals surface area contributed by atoms with Crippen molar-refractivity contribution < 1.29 is 19.2 Å². The number of hydrogen-bond donors (Lipinski definition) is 0. The van der Waals surface area contributed by atoms with Gasteiger partial charge in [0.1, 0.15) is 10.4 Å². The van der Waals surface area contributed by atoms with E-state index < -0.39 is 22.8 Å². The number of carbonyl (C=O) groups is 2. The number of hydrogen-bond acceptors (Lipinski definition) is 7. The van der Waals surface area contributed by atoms with Crippen LogP contribution in [0.3, 0.4) is 0 Å². The lowest BCUT2D eigenvalue weighted by Crippen LogP contribution is -2.42. The van der Waals surface area contributed by atoms with Crippen LogP contribution >= 0.6 is 24.0 Å². The first-order valence-electron chi connectivity index (χ1n) is 6.44. The second kappa shape index (κ2) is 6.88. The van der Waals surface area contributed by atoms with Crippen LogP contribution in [0.15, 0.2) is 29.2 Å². The number of thioether (sulfide) groups is 1. The molecule has 0 spiro atoms. The minimum Gasteiger partial charge on any atom is -0.467 e. The topological polar surface area (TPSA) is 89.8 Å². The molecule has 0 saturated carbocycles. The Kier molecular flexibility index (Phi) is 5.12. The Hall–Kier alpha value is -2.26. The first-order valence-corrected chi connectivity index (χ1v) is 7.67. The van der Waals surface area contributed by atoms with Crippen LogP contribution in [0.2, 0.25) is 0 Å². The Balaban J connectivity index is 2.30. The second-order valence-electron chi connectivity index (χ2n) is 4.60. The van der Waals surface area contributed by atoms with E-state index in [0.717, 1.165) is 11.8 Å². The molecular formula is C14H12N2O5S2. The zero-order valence-electron chi connectivity index (χ0n) is 12.2. The third-order valence-corrected chi connectivity index (χ3v) is 4.46. The molecule has 120 valence electrons. The molecule has 0 bridgehead atoms. The predicted octanol–water partition coefficient (Wildman–Crippen LogP) is 2.36. The van der Waals surface area contributed by atoms with Gasteiger partial charge in [-0.3, -0.25) is 19.8 Å². The fraction of sp³-hybridized carbons (Fsp3) is 0.214. The smallest absolute Gasteiger partial charge is 0.328 e. The van der Waals surface area contributed by atoms with Crippen LogP contribution in [0.4, 0.5) is 5.69 Å². The van der Waals surface area contributed by atoms with Crippen molar-refractivity contribution >= 4 is 51.9 Å². The molecule has 0 aromatic heterocycles. The molecule has 1 aromatic carbocycles. The number of esters is 1. The highest BCUT2D eigenvalue weighted by molar-refractivity contribution is 8.26. The van der Waals surface area contributed by atoms with Crippen LogP contribution in [0.5, 0.6) is 0 Å². The number of nitrogens with zero attached hydrogens (tertiary/aromatic N) is 2. The Morgan fingerprint density at radius 3 is 2.83 bits per heavy atom. The summed E-state index contributed by atoms with van der Waals surface area (Å²) in [5, 5.41) is 10.8. The van der Waals surface area contributed by atoms with Crippen molar-refractivity contribution in [2.75, 3.05) is 7.11 Å². The SMILES string of the molecule is COC(=O)[C@@H](C)N1C(=O)/C(=C/c2cccc([N+](=O)[O-])c2)SC1=S. The summed E-state index contributed by atoms with van der Waals surface area (Å²) >= 11 is 6.17. The van der Waals surface area contributed by atoms with Gasteiger partial charge >= 0.3 is 5.97 Å². The third kappa shape index (κ3) is 3.57. The normalized spacial score (nSPS) is 17.5. The molecule has 1 atom stereocenters. The molecule has 1 amide bonds. The van der Waals surface area contributed by atoms with Crippen LogP contribution in [0.25, 0.3) is 6.08 Å². The van der Waals surface area contributed by atoms with Crippen molar-refractivity contribution in [3.8, 4) is 0 Å². The van der Waals surface area contributed by atoms with E-state index in [1.54, 1.807) is 6.07 Å². The number of nitro benzene ring substituents is 1. The highest BCUT2D eigenvalue weighted by Crippen LogP contribution is 2.34. The molecule has 0 unspecified atom stereocenters. The van der Waals surface area contributed by atoms with Gasteiger partial charge in [-0.25, -0.2) is 4.79 Å². The maximum absolute atomic E-state index is 12.4. The van der Waals surface area contributed by atoms with E-state index >= 15 is 0 Å². The Morgan fingerprint density at radius 1 is 1.52 bits per heavy atom. The van der Waals surface area contributed by atoms with Gasteiger partial charge in [-0.15, -0.1) is 0 Å². The maximum Gasteiger partial charge on any atom is 0.328 e. The molecule has 0 radical (unpaired) electrons. The largest absolute Gasteiger partial charge is 0.467 e. The fourth-order valence-corrected chi connectivity index (χ4v) is 3.39. The van der Waals surface area contributed by atoms with Gasteiger partial charge in [0.05, 0.1) is 16.9 Å². The molecule has 1 aliphatic heterocycles. The number of non-ortho nitro benzene ring substituents is 1. The van der Waals surface area contributed by atoms with Crippen LogP contribution in [0, 0.1) is 10.1 Å². The number of rotatable bonds is 4. The van der Waals surface area contributed by atoms with E-state index in [-0.39, 0.29) is 10.0 Å². The van der Waals surface area contributed by atoms with E-state index in [1.165, 1.54) is 43.2 Å². The van der Waals surface area contributed by atoms with Gasteiger partial charge in [0.25, 0.3) is 11.6 Å². The number of carbonyl (C=O) groups excluding carboxylic acids is 2. The molecule has 1 fully saturated rings. The number of methoxy groups -OCH3 is 1. The van der Waals surface area contributed by atoms with Crippen LogP contribution in [0.1, 0.15) is 12.5 Å². The zero-order chi connectivity index (χ0) is 17.1. The molecule has 1 heterocycles. The van der Waals surface area contributed by atoms with E-state index in [9.17, 15) is 19.7 Å². The van der Waals surface area contributed by atoms with Gasteiger partial charge < -0.3 is 4.74 Å². The number of amides is 1. The Bertz CT molecular complexity index is 732. The zero-order valence-corrected chi connectivity index (χ0v) is 13.8. The summed E-state index contributed by atoms with van der Waals surface area (Å²) in [6, 6.07) is 5.06.